The van der Waals surface area contributed by atoms with Crippen molar-refractivity contribution in [1.29, 1.82) is 0 Å². The van der Waals surface area contributed by atoms with E-state index in [2.05, 4.69) is 34.6 Å². The van der Waals surface area contributed by atoms with Crippen LogP contribution in [-0.2, 0) is 6.42 Å². The summed E-state index contributed by atoms with van der Waals surface area (Å²) in [5.74, 6) is 0.717. The van der Waals surface area contributed by atoms with Crippen LogP contribution < -0.4 is 5.32 Å². The first-order chi connectivity index (χ1) is 9.78. The van der Waals surface area contributed by atoms with Crippen LogP contribution in [0.3, 0.4) is 0 Å². The van der Waals surface area contributed by atoms with E-state index in [1.54, 1.807) is 0 Å². The van der Waals surface area contributed by atoms with E-state index in [4.69, 9.17) is 11.6 Å². The molecule has 0 saturated heterocycles. The number of nitrogens with one attached hydrogen (secondary N) is 1. The number of fused-ring (bicyclic) bond motifs is 1. The highest BCUT2D eigenvalue weighted by molar-refractivity contribution is 6.34. The zero-order chi connectivity index (χ0) is 13.9. The second-order valence-corrected chi connectivity index (χ2v) is 4.92. The van der Waals surface area contributed by atoms with Gasteiger partial charge in [0.1, 0.15) is 0 Å². The van der Waals surface area contributed by atoms with E-state index in [-0.39, 0.29) is 0 Å². The van der Waals surface area contributed by atoms with Crippen LogP contribution in [0.15, 0.2) is 48.5 Å². The summed E-state index contributed by atoms with van der Waals surface area (Å²) < 4.78 is 0. The van der Waals surface area contributed by atoms with Crippen LogP contribution in [0.4, 0.5) is 11.5 Å². The fraction of sp³-hybridized carbons (Fsp3) is 0.125. The van der Waals surface area contributed by atoms with Crippen molar-refractivity contribution in [3.63, 3.8) is 0 Å². The van der Waals surface area contributed by atoms with Crippen molar-refractivity contribution in [3.8, 4) is 0 Å². The maximum Gasteiger partial charge on any atom is 0.161 e. The third-order valence-corrected chi connectivity index (χ3v) is 3.55. The number of hydrogen-bond donors (Lipinski definition) is 1. The van der Waals surface area contributed by atoms with Crippen LogP contribution in [0.25, 0.3) is 10.8 Å². The van der Waals surface area contributed by atoms with E-state index in [9.17, 15) is 0 Å². The molecule has 0 bridgehead atoms. The summed E-state index contributed by atoms with van der Waals surface area (Å²) in [6, 6.07) is 16.1. The van der Waals surface area contributed by atoms with E-state index < -0.39 is 0 Å². The molecule has 100 valence electrons. The minimum Gasteiger partial charge on any atom is -0.338 e. The van der Waals surface area contributed by atoms with Gasteiger partial charge in [-0.2, -0.15) is 0 Å². The molecule has 0 atom stereocenters. The van der Waals surface area contributed by atoms with Gasteiger partial charge in [-0.3, -0.25) is 0 Å². The molecule has 0 aliphatic heterocycles. The molecular formula is C16H14ClN3. The van der Waals surface area contributed by atoms with Crippen molar-refractivity contribution in [2.75, 3.05) is 5.32 Å². The molecule has 3 rings (SSSR count). The lowest BCUT2D eigenvalue weighted by atomic mass is 10.1. The second-order valence-electron chi connectivity index (χ2n) is 4.56. The molecule has 1 heterocycles. The molecule has 1 aromatic heterocycles. The molecule has 0 spiro atoms. The minimum atomic E-state index is 0.424. The van der Waals surface area contributed by atoms with Crippen LogP contribution in [0.1, 0.15) is 12.5 Å². The van der Waals surface area contributed by atoms with Gasteiger partial charge in [-0.05, 0) is 24.1 Å². The molecule has 0 radical (unpaired) electrons. The maximum atomic E-state index is 6.07. The largest absolute Gasteiger partial charge is 0.338 e. The topological polar surface area (TPSA) is 37.8 Å². The van der Waals surface area contributed by atoms with Gasteiger partial charge in [0.05, 0.1) is 0 Å². The third kappa shape index (κ3) is 2.45. The van der Waals surface area contributed by atoms with Crippen molar-refractivity contribution >= 4 is 33.9 Å². The fourth-order valence-corrected chi connectivity index (χ4v) is 2.33. The average molecular weight is 284 g/mol. The van der Waals surface area contributed by atoms with E-state index in [1.165, 1.54) is 5.56 Å². The number of halogens is 1. The molecular weight excluding hydrogens is 270 g/mol. The molecule has 3 nitrogen and oxygen atoms in total. The number of anilines is 2. The lowest BCUT2D eigenvalue weighted by Gasteiger charge is -2.09. The van der Waals surface area contributed by atoms with Gasteiger partial charge in [0, 0.05) is 16.5 Å². The number of nitrogens with zero attached hydrogens (tertiary/aromatic N) is 2. The van der Waals surface area contributed by atoms with Gasteiger partial charge in [0.15, 0.2) is 11.0 Å². The molecule has 0 aliphatic rings. The fourth-order valence-electron chi connectivity index (χ4n) is 2.12. The monoisotopic (exact) mass is 283 g/mol. The Balaban J connectivity index is 2.00. The maximum absolute atomic E-state index is 6.07. The Morgan fingerprint density at radius 3 is 2.35 bits per heavy atom. The molecule has 2 aromatic carbocycles. The minimum absolute atomic E-state index is 0.424. The Bertz CT molecular complexity index is 738. The summed E-state index contributed by atoms with van der Waals surface area (Å²) in [4.78, 5) is 0. The van der Waals surface area contributed by atoms with Gasteiger partial charge in [0.2, 0.25) is 0 Å². The zero-order valence-electron chi connectivity index (χ0n) is 11.1. The van der Waals surface area contributed by atoms with Crippen LogP contribution in [-0.4, -0.2) is 10.2 Å². The normalized spacial score (nSPS) is 10.7. The standard InChI is InChI=1S/C16H14ClN3/c1-2-11-7-9-12(10-8-11)18-16-14-6-4-3-5-13(14)15(17)19-20-16/h3-10H,2H2,1H3,(H,18,20). The number of aryl methyl sites for hydroxylation is 1. The molecule has 0 saturated carbocycles. The Hall–Kier alpha value is -2.13. The molecule has 20 heavy (non-hydrogen) atoms. The lowest BCUT2D eigenvalue weighted by Crippen LogP contribution is -1.97. The first-order valence-corrected chi connectivity index (χ1v) is 6.92. The molecule has 3 aromatic rings. The molecule has 0 fully saturated rings. The summed E-state index contributed by atoms with van der Waals surface area (Å²) in [5, 5.41) is 13.7. The molecule has 1 N–H and O–H groups in total. The smallest absolute Gasteiger partial charge is 0.161 e. The van der Waals surface area contributed by atoms with Crippen LogP contribution in [0.5, 0.6) is 0 Å². The van der Waals surface area contributed by atoms with Crippen molar-refractivity contribution in [2.24, 2.45) is 0 Å². The molecule has 4 heteroatoms. The van der Waals surface area contributed by atoms with Crippen LogP contribution >= 0.6 is 11.6 Å². The number of hydrogen-bond acceptors (Lipinski definition) is 3. The number of rotatable bonds is 3. The summed E-state index contributed by atoms with van der Waals surface area (Å²) >= 11 is 6.07. The lowest BCUT2D eigenvalue weighted by molar-refractivity contribution is 1.05. The Labute approximate surface area is 122 Å². The van der Waals surface area contributed by atoms with Crippen LogP contribution in [0.2, 0.25) is 5.15 Å². The van der Waals surface area contributed by atoms with Crippen molar-refractivity contribution < 1.29 is 0 Å². The van der Waals surface area contributed by atoms with E-state index in [1.807, 2.05) is 36.4 Å². The highest BCUT2D eigenvalue weighted by Gasteiger charge is 2.07. The summed E-state index contributed by atoms with van der Waals surface area (Å²) in [6.45, 7) is 2.14. The van der Waals surface area contributed by atoms with Crippen molar-refractivity contribution in [2.45, 2.75) is 13.3 Å². The van der Waals surface area contributed by atoms with Crippen molar-refractivity contribution in [3.05, 3.63) is 59.2 Å². The summed E-state index contributed by atoms with van der Waals surface area (Å²) in [5.41, 5.74) is 2.30. The number of benzene rings is 2. The Morgan fingerprint density at radius 2 is 1.65 bits per heavy atom. The Morgan fingerprint density at radius 1 is 0.950 bits per heavy atom. The van der Waals surface area contributed by atoms with Crippen LogP contribution in [0, 0.1) is 0 Å². The van der Waals surface area contributed by atoms with Gasteiger partial charge in [-0.25, -0.2) is 0 Å². The quantitative estimate of drug-likeness (QED) is 0.764. The van der Waals surface area contributed by atoms with E-state index >= 15 is 0 Å². The van der Waals surface area contributed by atoms with Gasteiger partial charge < -0.3 is 5.32 Å². The highest BCUT2D eigenvalue weighted by atomic mass is 35.5. The second kappa shape index (κ2) is 5.47. The van der Waals surface area contributed by atoms with E-state index in [0.717, 1.165) is 22.9 Å². The van der Waals surface area contributed by atoms with E-state index in [0.29, 0.717) is 11.0 Å². The van der Waals surface area contributed by atoms with Gasteiger partial charge in [-0.15, -0.1) is 10.2 Å². The Kier molecular flexibility index (Phi) is 3.52. The molecule has 0 unspecified atom stereocenters. The zero-order valence-corrected chi connectivity index (χ0v) is 11.9. The predicted molar refractivity (Wildman–Crippen MR) is 83.7 cm³/mol. The van der Waals surface area contributed by atoms with Gasteiger partial charge in [-0.1, -0.05) is 54.9 Å². The SMILES string of the molecule is CCc1ccc(Nc2nnc(Cl)c3ccccc23)cc1. The van der Waals surface area contributed by atoms with Gasteiger partial charge >= 0.3 is 0 Å². The molecule has 0 aliphatic carbocycles. The third-order valence-electron chi connectivity index (χ3n) is 3.27. The summed E-state index contributed by atoms with van der Waals surface area (Å²) in [6.07, 6.45) is 1.03. The predicted octanol–water partition coefficient (Wildman–Crippen LogP) is 4.59. The number of aromatic nitrogens is 2. The summed E-state index contributed by atoms with van der Waals surface area (Å²) in [7, 11) is 0. The average Bonchev–Trinajstić information content (AvgIpc) is 2.51. The highest BCUT2D eigenvalue weighted by Crippen LogP contribution is 2.27. The first kappa shape index (κ1) is 12.9. The van der Waals surface area contributed by atoms with Crippen molar-refractivity contribution in [1.82, 2.24) is 10.2 Å². The first-order valence-electron chi connectivity index (χ1n) is 6.55. The molecule has 0 amide bonds. The van der Waals surface area contributed by atoms with Gasteiger partial charge in [0.25, 0.3) is 0 Å².